The van der Waals surface area contributed by atoms with Gasteiger partial charge in [0.25, 0.3) is 0 Å². The lowest BCUT2D eigenvalue weighted by Gasteiger charge is -2.37. The van der Waals surface area contributed by atoms with Crippen LogP contribution in [0.15, 0.2) is 12.1 Å². The molecule has 0 bridgehead atoms. The molecule has 0 aromatic heterocycles. The van der Waals surface area contributed by atoms with E-state index in [1.807, 2.05) is 4.90 Å². The van der Waals surface area contributed by atoms with E-state index in [0.717, 1.165) is 29.5 Å². The number of carbonyl (C=O) groups is 1. The number of phenols is 1. The minimum atomic E-state index is -0.447. The number of hydrogen-bond donors (Lipinski definition) is 1. The van der Waals surface area contributed by atoms with E-state index < -0.39 is 5.79 Å². The van der Waals surface area contributed by atoms with E-state index in [0.29, 0.717) is 44.9 Å². The van der Waals surface area contributed by atoms with Gasteiger partial charge < -0.3 is 19.5 Å². The summed E-state index contributed by atoms with van der Waals surface area (Å²) in [5.74, 6) is 0.121. The molecule has 162 valence electrons. The fourth-order valence-corrected chi connectivity index (χ4v) is 4.27. The van der Waals surface area contributed by atoms with Crippen LogP contribution in [0.3, 0.4) is 0 Å². The lowest BCUT2D eigenvalue weighted by atomic mass is 9.78. The van der Waals surface area contributed by atoms with Gasteiger partial charge in [-0.2, -0.15) is 0 Å². The molecule has 5 nitrogen and oxygen atoms in total. The van der Waals surface area contributed by atoms with Gasteiger partial charge in [-0.05, 0) is 33.9 Å². The predicted octanol–water partition coefficient (Wildman–Crippen LogP) is 4.29. The quantitative estimate of drug-likeness (QED) is 0.818. The third-order valence-corrected chi connectivity index (χ3v) is 6.10. The minimum Gasteiger partial charge on any atom is -0.507 e. The van der Waals surface area contributed by atoms with Crippen LogP contribution >= 0.6 is 0 Å². The standard InChI is InChI=1S/C24H37NO4/c1-22(2,3)18-15-17(16-19(21(18)27)23(4,5)6)7-8-20(26)25-11-9-24(10-12-25)28-13-14-29-24/h15-16,27H,7-14H2,1-6H3. The van der Waals surface area contributed by atoms with Crippen LogP contribution < -0.4 is 0 Å². The molecule has 1 spiro atoms. The summed E-state index contributed by atoms with van der Waals surface area (Å²) in [6.45, 7) is 15.4. The highest BCUT2D eigenvalue weighted by atomic mass is 16.7. The first kappa shape index (κ1) is 22.1. The smallest absolute Gasteiger partial charge is 0.222 e. The normalized spacial score (nSPS) is 19.7. The number of ether oxygens (including phenoxy) is 2. The van der Waals surface area contributed by atoms with E-state index in [-0.39, 0.29) is 16.7 Å². The lowest BCUT2D eigenvalue weighted by molar-refractivity contribution is -0.187. The fraction of sp³-hybridized carbons (Fsp3) is 0.708. The van der Waals surface area contributed by atoms with Gasteiger partial charge in [0, 0.05) is 32.4 Å². The number of carbonyl (C=O) groups excluding carboxylic acids is 1. The Hall–Kier alpha value is -1.59. The SMILES string of the molecule is CC(C)(C)c1cc(CCC(=O)N2CCC3(CC2)OCCO3)cc(C(C)(C)C)c1O. The summed E-state index contributed by atoms with van der Waals surface area (Å²) >= 11 is 0. The number of amides is 1. The molecular weight excluding hydrogens is 366 g/mol. The molecule has 1 aromatic rings. The number of rotatable bonds is 3. The van der Waals surface area contributed by atoms with Gasteiger partial charge >= 0.3 is 0 Å². The number of nitrogens with zero attached hydrogens (tertiary/aromatic N) is 1. The van der Waals surface area contributed by atoms with E-state index in [4.69, 9.17) is 9.47 Å². The zero-order valence-corrected chi connectivity index (χ0v) is 18.9. The van der Waals surface area contributed by atoms with Crippen molar-refractivity contribution in [2.24, 2.45) is 0 Å². The molecule has 0 aliphatic carbocycles. The number of benzene rings is 1. The summed E-state index contributed by atoms with van der Waals surface area (Å²) in [4.78, 5) is 14.7. The summed E-state index contributed by atoms with van der Waals surface area (Å²) < 4.78 is 11.5. The first-order valence-corrected chi connectivity index (χ1v) is 10.8. The maximum Gasteiger partial charge on any atom is 0.222 e. The van der Waals surface area contributed by atoms with Crippen LogP contribution in [-0.4, -0.2) is 48.0 Å². The summed E-state index contributed by atoms with van der Waals surface area (Å²) in [5.41, 5.74) is 2.69. The van der Waals surface area contributed by atoms with E-state index in [1.54, 1.807) is 0 Å². The monoisotopic (exact) mass is 403 g/mol. The maximum atomic E-state index is 12.8. The second-order valence-electron chi connectivity index (χ2n) is 10.5. The van der Waals surface area contributed by atoms with Gasteiger partial charge in [-0.1, -0.05) is 53.7 Å². The molecule has 29 heavy (non-hydrogen) atoms. The topological polar surface area (TPSA) is 59.0 Å². The van der Waals surface area contributed by atoms with Crippen molar-refractivity contribution in [2.75, 3.05) is 26.3 Å². The highest BCUT2D eigenvalue weighted by Crippen LogP contribution is 2.40. The van der Waals surface area contributed by atoms with E-state index in [9.17, 15) is 9.90 Å². The molecule has 5 heteroatoms. The number of piperidine rings is 1. The Bertz CT molecular complexity index is 706. The second-order valence-corrected chi connectivity index (χ2v) is 10.5. The lowest BCUT2D eigenvalue weighted by Crippen LogP contribution is -2.47. The summed E-state index contributed by atoms with van der Waals surface area (Å²) in [5, 5.41) is 10.9. The average Bonchev–Trinajstić information content (AvgIpc) is 3.07. The van der Waals surface area contributed by atoms with Gasteiger partial charge in [0.2, 0.25) is 5.91 Å². The summed E-state index contributed by atoms with van der Waals surface area (Å²) in [7, 11) is 0. The van der Waals surface area contributed by atoms with Crippen molar-refractivity contribution in [3.8, 4) is 5.75 Å². The van der Waals surface area contributed by atoms with Crippen LogP contribution in [0.1, 0.15) is 77.5 Å². The van der Waals surface area contributed by atoms with Crippen molar-refractivity contribution in [3.05, 3.63) is 28.8 Å². The van der Waals surface area contributed by atoms with Gasteiger partial charge in [-0.3, -0.25) is 4.79 Å². The zero-order valence-electron chi connectivity index (χ0n) is 18.9. The highest BCUT2D eigenvalue weighted by molar-refractivity contribution is 5.76. The second kappa shape index (κ2) is 7.92. The first-order chi connectivity index (χ1) is 13.4. The maximum absolute atomic E-state index is 12.8. The number of aromatic hydroxyl groups is 1. The third-order valence-electron chi connectivity index (χ3n) is 6.10. The van der Waals surface area contributed by atoms with Crippen LogP contribution in [-0.2, 0) is 31.5 Å². The van der Waals surface area contributed by atoms with Crippen LogP contribution in [0.2, 0.25) is 0 Å². The zero-order chi connectivity index (χ0) is 21.4. The molecule has 2 fully saturated rings. The Morgan fingerprint density at radius 2 is 1.48 bits per heavy atom. The van der Waals surface area contributed by atoms with Crippen molar-refractivity contribution >= 4 is 5.91 Å². The molecule has 2 heterocycles. The molecule has 0 atom stereocenters. The van der Waals surface area contributed by atoms with Crippen molar-refractivity contribution in [1.29, 1.82) is 0 Å². The molecule has 1 aromatic carbocycles. The summed E-state index contributed by atoms with van der Waals surface area (Å²) in [6.07, 6.45) is 2.66. The molecule has 2 saturated heterocycles. The van der Waals surface area contributed by atoms with Gasteiger partial charge in [0.15, 0.2) is 5.79 Å². The molecule has 0 unspecified atom stereocenters. The number of phenolic OH excluding ortho intramolecular Hbond substituents is 1. The van der Waals surface area contributed by atoms with Crippen molar-refractivity contribution in [1.82, 2.24) is 4.90 Å². The largest absolute Gasteiger partial charge is 0.507 e. The molecule has 2 aliphatic heterocycles. The Balaban J connectivity index is 1.69. The van der Waals surface area contributed by atoms with E-state index >= 15 is 0 Å². The van der Waals surface area contributed by atoms with Crippen LogP contribution in [0.25, 0.3) is 0 Å². The van der Waals surface area contributed by atoms with Gasteiger partial charge in [0.1, 0.15) is 5.75 Å². The molecule has 1 N–H and O–H groups in total. The van der Waals surface area contributed by atoms with E-state index in [2.05, 4.69) is 53.7 Å². The van der Waals surface area contributed by atoms with Crippen molar-refractivity contribution in [2.45, 2.75) is 83.8 Å². The Kier molecular flexibility index (Phi) is 6.03. The van der Waals surface area contributed by atoms with E-state index in [1.165, 1.54) is 0 Å². The number of hydrogen-bond acceptors (Lipinski definition) is 4. The average molecular weight is 404 g/mol. The number of aryl methyl sites for hydroxylation is 1. The Labute approximate surface area is 175 Å². The Morgan fingerprint density at radius 1 is 1.00 bits per heavy atom. The molecular formula is C24H37NO4. The molecule has 3 rings (SSSR count). The number of likely N-dealkylation sites (tertiary alicyclic amines) is 1. The predicted molar refractivity (Wildman–Crippen MR) is 114 cm³/mol. The van der Waals surface area contributed by atoms with Crippen molar-refractivity contribution < 1.29 is 19.4 Å². The van der Waals surface area contributed by atoms with Crippen LogP contribution in [0, 0.1) is 0 Å². The van der Waals surface area contributed by atoms with Crippen LogP contribution in [0.5, 0.6) is 5.75 Å². The van der Waals surface area contributed by atoms with Gasteiger partial charge in [-0.25, -0.2) is 0 Å². The van der Waals surface area contributed by atoms with Crippen LogP contribution in [0.4, 0.5) is 0 Å². The fourth-order valence-electron chi connectivity index (χ4n) is 4.27. The highest BCUT2D eigenvalue weighted by Gasteiger charge is 2.40. The first-order valence-electron chi connectivity index (χ1n) is 10.8. The molecule has 0 radical (unpaired) electrons. The summed E-state index contributed by atoms with van der Waals surface area (Å²) in [6, 6.07) is 4.15. The Morgan fingerprint density at radius 3 is 1.93 bits per heavy atom. The third kappa shape index (κ3) is 4.95. The molecule has 2 aliphatic rings. The molecule has 1 amide bonds. The van der Waals surface area contributed by atoms with Gasteiger partial charge in [-0.15, -0.1) is 0 Å². The van der Waals surface area contributed by atoms with Gasteiger partial charge in [0.05, 0.1) is 13.2 Å². The minimum absolute atomic E-state index is 0.160. The molecule has 0 saturated carbocycles. The van der Waals surface area contributed by atoms with Crippen molar-refractivity contribution in [3.63, 3.8) is 0 Å².